The fraction of sp³-hybridized carbons (Fsp3) is 0.348. The molecule has 6 nitrogen and oxygen atoms in total. The first-order valence-corrected chi connectivity index (χ1v) is 9.69. The second kappa shape index (κ2) is 10.2. The Bertz CT molecular complexity index is 993. The minimum atomic E-state index is -4.75. The van der Waals surface area contributed by atoms with Crippen molar-refractivity contribution in [1.82, 2.24) is 5.32 Å². The molecule has 2 aromatic rings. The van der Waals surface area contributed by atoms with Crippen molar-refractivity contribution in [2.45, 2.75) is 51.6 Å². The summed E-state index contributed by atoms with van der Waals surface area (Å²) < 4.78 is 50.3. The molecule has 0 aromatic heterocycles. The van der Waals surface area contributed by atoms with E-state index in [1.807, 2.05) is 0 Å². The second-order valence-corrected chi connectivity index (χ2v) is 7.99. The van der Waals surface area contributed by atoms with Gasteiger partial charge in [0.05, 0.1) is 17.2 Å². The van der Waals surface area contributed by atoms with Crippen molar-refractivity contribution in [3.63, 3.8) is 0 Å². The number of hydrogen-bond donors (Lipinski definition) is 1. The summed E-state index contributed by atoms with van der Waals surface area (Å²) in [6, 6.07) is 12.1. The average molecular weight is 448 g/mol. The third kappa shape index (κ3) is 7.61. The van der Waals surface area contributed by atoms with Crippen LogP contribution in [0.3, 0.4) is 0 Å². The largest absolute Gasteiger partial charge is 0.459 e. The van der Waals surface area contributed by atoms with Gasteiger partial charge in [-0.2, -0.15) is 18.4 Å². The number of hydrogen-bond acceptors (Lipinski definition) is 5. The predicted octanol–water partition coefficient (Wildman–Crippen LogP) is 4.76. The number of nitrogens with zero attached hydrogens (tertiary/aromatic N) is 1. The number of esters is 1. The van der Waals surface area contributed by atoms with Crippen molar-refractivity contribution >= 4 is 12.1 Å². The van der Waals surface area contributed by atoms with Crippen LogP contribution in [-0.4, -0.2) is 23.7 Å². The van der Waals surface area contributed by atoms with Gasteiger partial charge in [0.1, 0.15) is 18.2 Å². The molecule has 1 atom stereocenters. The molecule has 1 N–H and O–H groups in total. The van der Waals surface area contributed by atoms with Gasteiger partial charge in [-0.1, -0.05) is 36.4 Å². The van der Waals surface area contributed by atoms with Crippen LogP contribution in [0.1, 0.15) is 43.0 Å². The molecule has 0 heterocycles. The van der Waals surface area contributed by atoms with Crippen molar-refractivity contribution in [3.8, 4) is 6.07 Å². The van der Waals surface area contributed by atoms with E-state index in [0.717, 1.165) is 12.1 Å². The summed E-state index contributed by atoms with van der Waals surface area (Å²) in [5, 5.41) is 11.3. The van der Waals surface area contributed by atoms with Crippen LogP contribution in [0.25, 0.3) is 0 Å². The van der Waals surface area contributed by atoms with E-state index < -0.39 is 41.0 Å². The number of nitriles is 1. The van der Waals surface area contributed by atoms with E-state index in [4.69, 9.17) is 14.7 Å². The number of halogens is 3. The number of ether oxygens (including phenoxy) is 2. The van der Waals surface area contributed by atoms with Crippen LogP contribution in [0.5, 0.6) is 0 Å². The molecule has 0 fully saturated rings. The van der Waals surface area contributed by atoms with E-state index in [1.165, 1.54) is 12.1 Å². The summed E-state index contributed by atoms with van der Waals surface area (Å²) in [5.41, 5.74) is -1.71. The van der Waals surface area contributed by atoms with Gasteiger partial charge in [0.25, 0.3) is 0 Å². The SMILES string of the molecule is CC(C)(C)OC(=O)N[C@@H](Cc1ccc(C#N)c(C(F)(F)F)c1)C(=O)OCc1ccccc1. The molecule has 1 amide bonds. The number of nitrogens with one attached hydrogen (secondary N) is 1. The van der Waals surface area contributed by atoms with Gasteiger partial charge < -0.3 is 14.8 Å². The second-order valence-electron chi connectivity index (χ2n) is 7.99. The van der Waals surface area contributed by atoms with Crippen LogP contribution in [-0.2, 0) is 33.5 Å². The van der Waals surface area contributed by atoms with Crippen molar-refractivity contribution in [2.24, 2.45) is 0 Å². The number of alkyl carbamates (subject to hydrolysis) is 1. The Hall–Kier alpha value is -3.54. The van der Waals surface area contributed by atoms with Crippen LogP contribution >= 0.6 is 0 Å². The van der Waals surface area contributed by atoms with E-state index >= 15 is 0 Å². The lowest BCUT2D eigenvalue weighted by Gasteiger charge is -2.23. The zero-order valence-corrected chi connectivity index (χ0v) is 17.8. The molecular weight excluding hydrogens is 425 g/mol. The standard InChI is InChI=1S/C23H23F3N2O4/c1-22(2,3)32-21(30)28-19(20(29)31-14-15-7-5-4-6-8-15)12-16-9-10-17(13-27)18(11-16)23(24,25)26/h4-11,19H,12,14H2,1-3H3,(H,28,30)/t19-/m0/s1. The molecule has 0 aliphatic carbocycles. The first-order chi connectivity index (χ1) is 14.9. The highest BCUT2D eigenvalue weighted by Gasteiger charge is 2.34. The zero-order chi connectivity index (χ0) is 23.9. The van der Waals surface area contributed by atoms with Crippen LogP contribution in [0, 0.1) is 11.3 Å². The molecule has 0 unspecified atom stereocenters. The molecule has 9 heteroatoms. The monoisotopic (exact) mass is 448 g/mol. The lowest BCUT2D eigenvalue weighted by molar-refractivity contribution is -0.147. The fourth-order valence-electron chi connectivity index (χ4n) is 2.76. The minimum Gasteiger partial charge on any atom is -0.459 e. The minimum absolute atomic E-state index is 0.0760. The third-order valence-electron chi connectivity index (χ3n) is 4.15. The Morgan fingerprint density at radius 1 is 1.06 bits per heavy atom. The quantitative estimate of drug-likeness (QED) is 0.644. The van der Waals surface area contributed by atoms with Crippen LogP contribution in [0.2, 0.25) is 0 Å². The van der Waals surface area contributed by atoms with E-state index in [2.05, 4.69) is 5.32 Å². The van der Waals surface area contributed by atoms with Crippen molar-refractivity contribution in [2.75, 3.05) is 0 Å². The Morgan fingerprint density at radius 3 is 2.28 bits per heavy atom. The van der Waals surface area contributed by atoms with Gasteiger partial charge >= 0.3 is 18.2 Å². The molecule has 0 bridgehead atoms. The highest BCUT2D eigenvalue weighted by Crippen LogP contribution is 2.32. The smallest absolute Gasteiger partial charge is 0.417 e. The molecule has 0 aliphatic heterocycles. The number of alkyl halides is 3. The summed E-state index contributed by atoms with van der Waals surface area (Å²) in [7, 11) is 0. The van der Waals surface area contributed by atoms with Gasteiger partial charge in [0.15, 0.2) is 0 Å². The van der Waals surface area contributed by atoms with E-state index in [9.17, 15) is 22.8 Å². The van der Waals surface area contributed by atoms with Crippen molar-refractivity contribution < 1.29 is 32.2 Å². The molecule has 0 saturated heterocycles. The number of carbonyl (C=O) groups is 2. The highest BCUT2D eigenvalue weighted by atomic mass is 19.4. The average Bonchev–Trinajstić information content (AvgIpc) is 2.70. The van der Waals surface area contributed by atoms with Crippen LogP contribution < -0.4 is 5.32 Å². The Kier molecular flexibility index (Phi) is 7.87. The molecule has 0 radical (unpaired) electrons. The maximum atomic E-state index is 13.3. The lowest BCUT2D eigenvalue weighted by Crippen LogP contribution is -2.45. The van der Waals surface area contributed by atoms with Gasteiger partial charge in [-0.25, -0.2) is 9.59 Å². The Balaban J connectivity index is 2.24. The van der Waals surface area contributed by atoms with Crippen molar-refractivity contribution in [3.05, 3.63) is 70.8 Å². The lowest BCUT2D eigenvalue weighted by atomic mass is 9.99. The van der Waals surface area contributed by atoms with Crippen LogP contribution in [0.4, 0.5) is 18.0 Å². The van der Waals surface area contributed by atoms with E-state index in [1.54, 1.807) is 51.1 Å². The van der Waals surface area contributed by atoms with E-state index in [0.29, 0.717) is 5.56 Å². The predicted molar refractivity (Wildman–Crippen MR) is 109 cm³/mol. The molecule has 2 aromatic carbocycles. The number of rotatable bonds is 6. The third-order valence-corrected chi connectivity index (χ3v) is 4.15. The molecule has 2 rings (SSSR count). The van der Waals surface area contributed by atoms with E-state index in [-0.39, 0.29) is 18.6 Å². The summed E-state index contributed by atoms with van der Waals surface area (Å²) >= 11 is 0. The molecule has 0 spiro atoms. The fourth-order valence-corrected chi connectivity index (χ4v) is 2.76. The summed E-state index contributed by atoms with van der Waals surface area (Å²) in [6.45, 7) is 4.82. The first kappa shape index (κ1) is 24.7. The maximum absolute atomic E-state index is 13.3. The summed E-state index contributed by atoms with van der Waals surface area (Å²) in [6.07, 6.45) is -5.95. The highest BCUT2D eigenvalue weighted by molar-refractivity contribution is 5.81. The van der Waals surface area contributed by atoms with Gasteiger partial charge in [-0.3, -0.25) is 0 Å². The summed E-state index contributed by atoms with van der Waals surface area (Å²) in [4.78, 5) is 24.9. The first-order valence-electron chi connectivity index (χ1n) is 9.69. The van der Waals surface area contributed by atoms with Gasteiger partial charge in [-0.05, 0) is 44.0 Å². The molecule has 0 aliphatic rings. The normalized spacial score (nSPS) is 12.4. The number of benzene rings is 2. The number of amides is 1. The van der Waals surface area contributed by atoms with Crippen LogP contribution in [0.15, 0.2) is 48.5 Å². The van der Waals surface area contributed by atoms with Gasteiger partial charge in [0, 0.05) is 6.42 Å². The van der Waals surface area contributed by atoms with Crippen molar-refractivity contribution in [1.29, 1.82) is 5.26 Å². The molecule has 0 saturated carbocycles. The molecule has 32 heavy (non-hydrogen) atoms. The Morgan fingerprint density at radius 2 is 1.72 bits per heavy atom. The molecule has 170 valence electrons. The maximum Gasteiger partial charge on any atom is 0.417 e. The van der Waals surface area contributed by atoms with Gasteiger partial charge in [-0.15, -0.1) is 0 Å². The summed E-state index contributed by atoms with van der Waals surface area (Å²) in [5.74, 6) is -0.836. The topological polar surface area (TPSA) is 88.4 Å². The zero-order valence-electron chi connectivity index (χ0n) is 17.8. The van der Waals surface area contributed by atoms with Gasteiger partial charge in [0.2, 0.25) is 0 Å². The number of carbonyl (C=O) groups excluding carboxylic acids is 2. The Labute approximate surface area is 183 Å². The molecular formula is C23H23F3N2O4.